The van der Waals surface area contributed by atoms with E-state index in [4.69, 9.17) is 4.74 Å². The zero-order chi connectivity index (χ0) is 17.7. The van der Waals surface area contributed by atoms with E-state index in [9.17, 15) is 22.4 Å². The summed E-state index contributed by atoms with van der Waals surface area (Å²) in [5.41, 5.74) is 1.29. The van der Waals surface area contributed by atoms with Gasteiger partial charge in [-0.2, -0.15) is 13.2 Å². The Morgan fingerprint density at radius 2 is 2.00 bits per heavy atom. The molecule has 1 N–H and O–H groups in total. The lowest BCUT2D eigenvalue weighted by atomic mass is 10.0. The summed E-state index contributed by atoms with van der Waals surface area (Å²) in [5.74, 6) is -1.17. The van der Waals surface area contributed by atoms with Gasteiger partial charge in [0.05, 0.1) is 25.7 Å². The normalized spacial score (nSPS) is 16.8. The lowest BCUT2D eigenvalue weighted by Crippen LogP contribution is -2.37. The number of nitrogens with one attached hydrogen (secondary N) is 1. The molecule has 1 atom stereocenters. The van der Waals surface area contributed by atoms with E-state index in [1.165, 1.54) is 12.1 Å². The van der Waals surface area contributed by atoms with Crippen LogP contribution in [0.5, 0.6) is 0 Å². The number of carbonyl (C=O) groups excluding carboxylic acids is 1. The van der Waals surface area contributed by atoms with Gasteiger partial charge in [0, 0.05) is 30.8 Å². The second-order valence-electron chi connectivity index (χ2n) is 5.71. The molecule has 1 saturated heterocycles. The Hall–Kier alpha value is -1.83. The monoisotopic (exact) mass is 348 g/mol. The van der Waals surface area contributed by atoms with E-state index in [-0.39, 0.29) is 0 Å². The van der Waals surface area contributed by atoms with Crippen LogP contribution in [0, 0.1) is 5.82 Å². The average Bonchev–Trinajstić information content (AvgIpc) is 2.53. The molecule has 0 bridgehead atoms. The van der Waals surface area contributed by atoms with Gasteiger partial charge in [-0.1, -0.05) is 0 Å². The molecule has 1 heterocycles. The molecule has 0 radical (unpaired) electrons. The SMILES string of the molecule is C[C@H](NC(=O)CCC(F)(F)F)c1cc(F)ccc1N1CCOCC1. The lowest BCUT2D eigenvalue weighted by Gasteiger charge is -2.32. The van der Waals surface area contributed by atoms with E-state index in [1.54, 1.807) is 13.0 Å². The second kappa shape index (κ2) is 7.83. The topological polar surface area (TPSA) is 41.6 Å². The Labute approximate surface area is 137 Å². The van der Waals surface area contributed by atoms with Crippen LogP contribution < -0.4 is 10.2 Å². The molecular weight excluding hydrogens is 328 g/mol. The molecule has 1 aliphatic heterocycles. The van der Waals surface area contributed by atoms with Gasteiger partial charge in [0.25, 0.3) is 0 Å². The number of morpholine rings is 1. The Balaban J connectivity index is 2.08. The first kappa shape index (κ1) is 18.5. The highest BCUT2D eigenvalue weighted by Crippen LogP contribution is 2.28. The molecule has 0 aromatic heterocycles. The fourth-order valence-electron chi connectivity index (χ4n) is 2.61. The van der Waals surface area contributed by atoms with Gasteiger partial charge in [-0.25, -0.2) is 4.39 Å². The van der Waals surface area contributed by atoms with Gasteiger partial charge in [0.1, 0.15) is 5.82 Å². The molecule has 1 aliphatic rings. The lowest BCUT2D eigenvalue weighted by molar-refractivity contribution is -0.144. The number of carbonyl (C=O) groups is 1. The van der Waals surface area contributed by atoms with E-state index in [2.05, 4.69) is 5.32 Å². The number of benzene rings is 1. The van der Waals surface area contributed by atoms with Crippen molar-refractivity contribution in [3.63, 3.8) is 0 Å². The first-order chi connectivity index (χ1) is 11.3. The van der Waals surface area contributed by atoms with E-state index in [0.717, 1.165) is 5.69 Å². The summed E-state index contributed by atoms with van der Waals surface area (Å²) < 4.78 is 55.5. The molecule has 0 aliphatic carbocycles. The van der Waals surface area contributed by atoms with Crippen LogP contribution in [0.25, 0.3) is 0 Å². The van der Waals surface area contributed by atoms with Crippen molar-refractivity contribution in [2.75, 3.05) is 31.2 Å². The minimum Gasteiger partial charge on any atom is -0.378 e. The number of ether oxygens (including phenoxy) is 1. The molecule has 0 spiro atoms. The van der Waals surface area contributed by atoms with Crippen molar-refractivity contribution in [1.82, 2.24) is 5.32 Å². The van der Waals surface area contributed by atoms with Crippen molar-refractivity contribution in [3.05, 3.63) is 29.6 Å². The number of hydrogen-bond donors (Lipinski definition) is 1. The standard InChI is InChI=1S/C16H20F4N2O2/c1-11(21-15(23)4-5-16(18,19)20)13-10-12(17)2-3-14(13)22-6-8-24-9-7-22/h2-3,10-11H,4-9H2,1H3,(H,21,23)/t11-/m0/s1. The summed E-state index contributed by atoms with van der Waals surface area (Å²) in [7, 11) is 0. The van der Waals surface area contributed by atoms with Crippen LogP contribution in [0.3, 0.4) is 0 Å². The van der Waals surface area contributed by atoms with Crippen LogP contribution in [0.2, 0.25) is 0 Å². The largest absolute Gasteiger partial charge is 0.389 e. The van der Waals surface area contributed by atoms with E-state index < -0.39 is 36.8 Å². The van der Waals surface area contributed by atoms with Crippen molar-refractivity contribution in [2.24, 2.45) is 0 Å². The third-order valence-corrected chi connectivity index (χ3v) is 3.82. The third kappa shape index (κ3) is 5.36. The van der Waals surface area contributed by atoms with Crippen LogP contribution in [0.15, 0.2) is 18.2 Å². The van der Waals surface area contributed by atoms with Crippen LogP contribution in [-0.2, 0) is 9.53 Å². The molecule has 8 heteroatoms. The van der Waals surface area contributed by atoms with E-state index >= 15 is 0 Å². The summed E-state index contributed by atoms with van der Waals surface area (Å²) in [6.45, 7) is 3.98. The number of rotatable bonds is 5. The van der Waals surface area contributed by atoms with Crippen molar-refractivity contribution in [1.29, 1.82) is 0 Å². The maximum Gasteiger partial charge on any atom is 0.389 e. The Kier molecular flexibility index (Phi) is 6.04. The quantitative estimate of drug-likeness (QED) is 0.831. The van der Waals surface area contributed by atoms with Gasteiger partial charge in [-0.3, -0.25) is 4.79 Å². The van der Waals surface area contributed by atoms with Crippen molar-refractivity contribution in [3.8, 4) is 0 Å². The molecule has 4 nitrogen and oxygen atoms in total. The molecule has 2 rings (SSSR count). The molecule has 1 aromatic carbocycles. The Morgan fingerprint density at radius 1 is 1.33 bits per heavy atom. The number of halogens is 4. The number of nitrogens with zero attached hydrogens (tertiary/aromatic N) is 1. The summed E-state index contributed by atoms with van der Waals surface area (Å²) in [6.07, 6.45) is -6.19. The molecule has 1 aromatic rings. The molecule has 0 saturated carbocycles. The van der Waals surface area contributed by atoms with Gasteiger partial charge < -0.3 is 15.0 Å². The highest BCUT2D eigenvalue weighted by molar-refractivity contribution is 5.76. The second-order valence-corrected chi connectivity index (χ2v) is 5.71. The van der Waals surface area contributed by atoms with Gasteiger partial charge in [-0.05, 0) is 25.1 Å². The predicted molar refractivity (Wildman–Crippen MR) is 81.3 cm³/mol. The van der Waals surface area contributed by atoms with Crippen molar-refractivity contribution < 1.29 is 27.1 Å². The average molecular weight is 348 g/mol. The van der Waals surface area contributed by atoms with Crippen LogP contribution in [0.4, 0.5) is 23.2 Å². The smallest absolute Gasteiger partial charge is 0.378 e. The summed E-state index contributed by atoms with van der Waals surface area (Å²) in [5, 5.41) is 2.51. The summed E-state index contributed by atoms with van der Waals surface area (Å²) in [6, 6.07) is 3.65. The molecule has 1 fully saturated rings. The first-order valence-corrected chi connectivity index (χ1v) is 7.74. The minimum absolute atomic E-state index is 0.460. The number of hydrogen-bond acceptors (Lipinski definition) is 3. The Bertz CT molecular complexity index is 572. The molecule has 0 unspecified atom stereocenters. The minimum atomic E-state index is -4.38. The van der Waals surface area contributed by atoms with E-state index in [1.807, 2.05) is 4.90 Å². The van der Waals surface area contributed by atoms with Gasteiger partial charge in [-0.15, -0.1) is 0 Å². The first-order valence-electron chi connectivity index (χ1n) is 7.74. The zero-order valence-electron chi connectivity index (χ0n) is 13.3. The maximum absolute atomic E-state index is 13.6. The molecule has 1 amide bonds. The number of anilines is 1. The fourth-order valence-corrected chi connectivity index (χ4v) is 2.61. The Morgan fingerprint density at radius 3 is 2.62 bits per heavy atom. The number of amides is 1. The van der Waals surface area contributed by atoms with E-state index in [0.29, 0.717) is 31.9 Å². The number of alkyl halides is 3. The molecular formula is C16H20F4N2O2. The summed E-state index contributed by atoms with van der Waals surface area (Å²) in [4.78, 5) is 13.7. The van der Waals surface area contributed by atoms with Gasteiger partial charge in [0.2, 0.25) is 5.91 Å². The predicted octanol–water partition coefficient (Wildman–Crippen LogP) is 3.18. The highest BCUT2D eigenvalue weighted by atomic mass is 19.4. The van der Waals surface area contributed by atoms with Crippen LogP contribution in [0.1, 0.15) is 31.4 Å². The van der Waals surface area contributed by atoms with Gasteiger partial charge in [0.15, 0.2) is 0 Å². The van der Waals surface area contributed by atoms with Gasteiger partial charge >= 0.3 is 6.18 Å². The highest BCUT2D eigenvalue weighted by Gasteiger charge is 2.28. The van der Waals surface area contributed by atoms with Crippen molar-refractivity contribution >= 4 is 11.6 Å². The zero-order valence-corrected chi connectivity index (χ0v) is 13.3. The summed E-state index contributed by atoms with van der Waals surface area (Å²) >= 11 is 0. The molecule has 24 heavy (non-hydrogen) atoms. The molecule has 134 valence electrons. The fraction of sp³-hybridized carbons (Fsp3) is 0.562. The maximum atomic E-state index is 13.6. The van der Waals surface area contributed by atoms with Crippen LogP contribution >= 0.6 is 0 Å². The van der Waals surface area contributed by atoms with Crippen LogP contribution in [-0.4, -0.2) is 38.4 Å². The third-order valence-electron chi connectivity index (χ3n) is 3.82. The van der Waals surface area contributed by atoms with Crippen molar-refractivity contribution in [2.45, 2.75) is 32.0 Å².